The zero-order chi connectivity index (χ0) is 16.0. The van der Waals surface area contributed by atoms with E-state index in [0.717, 1.165) is 6.42 Å². The molecule has 0 aliphatic heterocycles. The van der Waals surface area contributed by atoms with Gasteiger partial charge in [-0.1, -0.05) is 36.0 Å². The van der Waals surface area contributed by atoms with Crippen LogP contribution in [0, 0.1) is 0 Å². The number of carboxylic acids is 1. The highest BCUT2D eigenvalue weighted by Gasteiger charge is 2.24. The van der Waals surface area contributed by atoms with Gasteiger partial charge < -0.3 is 10.2 Å². The molecule has 2 N–H and O–H groups in total. The monoisotopic (exact) mass is 354 g/mol. The fraction of sp³-hybridized carbons (Fsp3) is 0.462. The third-order valence-corrected chi connectivity index (χ3v) is 5.58. The van der Waals surface area contributed by atoms with Gasteiger partial charge in [-0.3, -0.25) is 0 Å². The summed E-state index contributed by atoms with van der Waals surface area (Å²) in [5.74, 6) is -1.50. The fourth-order valence-electron chi connectivity index (χ4n) is 1.84. The molecule has 1 rings (SSSR count). The second-order valence-electron chi connectivity index (χ2n) is 4.50. The average molecular weight is 355 g/mol. The third kappa shape index (κ3) is 4.85. The molecule has 8 heteroatoms. The summed E-state index contributed by atoms with van der Waals surface area (Å²) in [7, 11) is -3.67. The first-order chi connectivity index (χ1) is 9.81. The van der Waals surface area contributed by atoms with E-state index in [2.05, 4.69) is 0 Å². The zero-order valence-corrected chi connectivity index (χ0v) is 13.5. The van der Waals surface area contributed by atoms with Gasteiger partial charge in [0.05, 0.1) is 26.3 Å². The Labute approximate surface area is 133 Å². The Morgan fingerprint density at radius 2 is 1.71 bits per heavy atom. The summed E-state index contributed by atoms with van der Waals surface area (Å²) in [6, 6.07) is 2.44. The molecule has 0 spiro atoms. The number of carboxylic acid groups (broad SMARTS) is 1. The maximum absolute atomic E-state index is 12.2. The summed E-state index contributed by atoms with van der Waals surface area (Å²) < 4.78 is 24.4. The number of aromatic carboxylic acids is 1. The van der Waals surface area contributed by atoms with Crippen LogP contribution in [0.2, 0.25) is 10.0 Å². The predicted molar refractivity (Wildman–Crippen MR) is 81.0 cm³/mol. The molecule has 0 saturated heterocycles. The lowest BCUT2D eigenvalue weighted by Gasteiger charge is -2.09. The summed E-state index contributed by atoms with van der Waals surface area (Å²) in [5, 5.41) is 17.2. The number of unbranched alkanes of at least 4 members (excludes halogenated alkanes) is 3. The normalized spacial score (nSPS) is 11.6. The van der Waals surface area contributed by atoms with Crippen LogP contribution in [0.15, 0.2) is 17.0 Å². The van der Waals surface area contributed by atoms with Gasteiger partial charge in [-0.05, 0) is 25.0 Å². The van der Waals surface area contributed by atoms with Crippen molar-refractivity contribution in [2.24, 2.45) is 0 Å². The first-order valence-corrected chi connectivity index (χ1v) is 8.77. The van der Waals surface area contributed by atoms with E-state index in [9.17, 15) is 13.2 Å². The molecule has 0 atom stereocenters. The lowest BCUT2D eigenvalue weighted by molar-refractivity contribution is 0.0697. The molecular formula is C13H16Cl2O5S. The van der Waals surface area contributed by atoms with Crippen LogP contribution in [0.5, 0.6) is 0 Å². The average Bonchev–Trinajstić information content (AvgIpc) is 2.37. The molecule has 0 aromatic heterocycles. The van der Waals surface area contributed by atoms with Crippen molar-refractivity contribution in [2.45, 2.75) is 30.6 Å². The van der Waals surface area contributed by atoms with E-state index in [4.69, 9.17) is 33.4 Å². The van der Waals surface area contributed by atoms with Crippen molar-refractivity contribution >= 4 is 39.0 Å². The van der Waals surface area contributed by atoms with Crippen molar-refractivity contribution in [3.05, 3.63) is 27.7 Å². The minimum absolute atomic E-state index is 0.0811. The summed E-state index contributed by atoms with van der Waals surface area (Å²) >= 11 is 11.6. The zero-order valence-electron chi connectivity index (χ0n) is 11.2. The van der Waals surface area contributed by atoms with E-state index < -0.39 is 21.4 Å². The fourth-order valence-corrected chi connectivity index (χ4v) is 4.18. The highest BCUT2D eigenvalue weighted by atomic mass is 35.5. The number of aliphatic hydroxyl groups excluding tert-OH is 1. The van der Waals surface area contributed by atoms with Gasteiger partial charge in [-0.25, -0.2) is 13.2 Å². The molecule has 1 aromatic rings. The Hall–Kier alpha value is -0.820. The molecule has 0 radical (unpaired) electrons. The molecule has 0 heterocycles. The van der Waals surface area contributed by atoms with Crippen LogP contribution in [-0.2, 0) is 9.84 Å². The van der Waals surface area contributed by atoms with Crippen LogP contribution in [-0.4, -0.2) is 37.0 Å². The van der Waals surface area contributed by atoms with Crippen molar-refractivity contribution in [3.63, 3.8) is 0 Å². The standard InChI is InChI=1S/C13H16Cl2O5S/c14-9-5-6-10(12(15)11(9)13(17)18)21(19,20)8-4-2-1-3-7-16/h5-6,16H,1-4,7-8H2,(H,17,18). The Morgan fingerprint density at radius 1 is 1.10 bits per heavy atom. The summed E-state index contributed by atoms with van der Waals surface area (Å²) in [4.78, 5) is 10.9. The van der Waals surface area contributed by atoms with Crippen molar-refractivity contribution in [2.75, 3.05) is 12.4 Å². The molecule has 0 unspecified atom stereocenters. The number of aliphatic hydroxyl groups is 1. The highest BCUT2D eigenvalue weighted by Crippen LogP contribution is 2.32. The molecule has 5 nitrogen and oxygen atoms in total. The van der Waals surface area contributed by atoms with Crippen molar-refractivity contribution in [1.82, 2.24) is 0 Å². The lowest BCUT2D eigenvalue weighted by Crippen LogP contribution is -2.10. The lowest BCUT2D eigenvalue weighted by atomic mass is 10.2. The SMILES string of the molecule is O=C(O)c1c(Cl)ccc(S(=O)(=O)CCCCCCO)c1Cl. The molecule has 118 valence electrons. The van der Waals surface area contributed by atoms with E-state index in [1.807, 2.05) is 0 Å². The van der Waals surface area contributed by atoms with E-state index in [0.29, 0.717) is 19.3 Å². The van der Waals surface area contributed by atoms with Crippen LogP contribution < -0.4 is 0 Å². The number of rotatable bonds is 8. The van der Waals surface area contributed by atoms with E-state index in [1.165, 1.54) is 12.1 Å². The van der Waals surface area contributed by atoms with Crippen LogP contribution >= 0.6 is 23.2 Å². The van der Waals surface area contributed by atoms with Gasteiger partial charge in [0.2, 0.25) is 0 Å². The molecule has 21 heavy (non-hydrogen) atoms. The summed E-state index contributed by atoms with van der Waals surface area (Å²) in [6.45, 7) is 0.0811. The molecule has 0 saturated carbocycles. The smallest absolute Gasteiger partial charge is 0.338 e. The van der Waals surface area contributed by atoms with Crippen LogP contribution in [0.3, 0.4) is 0 Å². The summed E-state index contributed by atoms with van der Waals surface area (Å²) in [5.41, 5.74) is -0.403. The van der Waals surface area contributed by atoms with Crippen molar-refractivity contribution < 1.29 is 23.4 Å². The number of halogens is 2. The van der Waals surface area contributed by atoms with Crippen LogP contribution in [0.4, 0.5) is 0 Å². The number of hydrogen-bond acceptors (Lipinski definition) is 4. The Bertz CT molecular complexity index is 613. The third-order valence-electron chi connectivity index (χ3n) is 2.93. The molecular weight excluding hydrogens is 339 g/mol. The highest BCUT2D eigenvalue weighted by molar-refractivity contribution is 7.91. The molecule has 0 amide bonds. The Morgan fingerprint density at radius 3 is 2.29 bits per heavy atom. The van der Waals surface area contributed by atoms with Gasteiger partial charge in [0, 0.05) is 6.61 Å². The molecule has 0 aliphatic rings. The van der Waals surface area contributed by atoms with Crippen LogP contribution in [0.25, 0.3) is 0 Å². The molecule has 0 bridgehead atoms. The van der Waals surface area contributed by atoms with E-state index in [1.54, 1.807) is 0 Å². The van der Waals surface area contributed by atoms with Gasteiger partial charge in [0.15, 0.2) is 9.84 Å². The van der Waals surface area contributed by atoms with Gasteiger partial charge in [-0.2, -0.15) is 0 Å². The van der Waals surface area contributed by atoms with Gasteiger partial charge >= 0.3 is 5.97 Å². The maximum Gasteiger partial charge on any atom is 0.338 e. The predicted octanol–water partition coefficient (Wildman–Crippen LogP) is 3.02. The van der Waals surface area contributed by atoms with Crippen molar-refractivity contribution in [3.8, 4) is 0 Å². The van der Waals surface area contributed by atoms with Gasteiger partial charge in [0.25, 0.3) is 0 Å². The first-order valence-electron chi connectivity index (χ1n) is 6.36. The quantitative estimate of drug-likeness (QED) is 0.700. The molecule has 0 aliphatic carbocycles. The van der Waals surface area contributed by atoms with E-state index in [-0.39, 0.29) is 27.3 Å². The van der Waals surface area contributed by atoms with Crippen molar-refractivity contribution in [1.29, 1.82) is 0 Å². The topological polar surface area (TPSA) is 91.7 Å². The molecule has 0 fully saturated rings. The number of sulfone groups is 1. The maximum atomic E-state index is 12.2. The number of benzene rings is 1. The number of carbonyl (C=O) groups is 1. The second-order valence-corrected chi connectivity index (χ2v) is 7.36. The van der Waals surface area contributed by atoms with E-state index >= 15 is 0 Å². The molecule has 1 aromatic carbocycles. The Kier molecular flexibility index (Phi) is 6.93. The Balaban J connectivity index is 2.94. The van der Waals surface area contributed by atoms with Gasteiger partial charge in [0.1, 0.15) is 0 Å². The minimum atomic E-state index is -3.67. The van der Waals surface area contributed by atoms with Gasteiger partial charge in [-0.15, -0.1) is 0 Å². The van der Waals surface area contributed by atoms with Crippen LogP contribution in [0.1, 0.15) is 36.0 Å². The first kappa shape index (κ1) is 18.2. The summed E-state index contributed by atoms with van der Waals surface area (Å²) in [6.07, 6.45) is 2.45. The second kappa shape index (κ2) is 7.98. The largest absolute Gasteiger partial charge is 0.478 e. The minimum Gasteiger partial charge on any atom is -0.478 e. The number of hydrogen-bond donors (Lipinski definition) is 2.